The van der Waals surface area contributed by atoms with Crippen molar-refractivity contribution >= 4 is 22.4 Å². The topological polar surface area (TPSA) is 54.2 Å². The molecule has 0 atom stereocenters. The van der Waals surface area contributed by atoms with Gasteiger partial charge in [-0.1, -0.05) is 26.0 Å². The van der Waals surface area contributed by atoms with Gasteiger partial charge in [-0.3, -0.25) is 0 Å². The molecule has 1 aromatic heterocycles. The molecule has 1 aliphatic heterocycles. The number of nitrogen functional groups attached to an aromatic ring is 1. The van der Waals surface area contributed by atoms with Gasteiger partial charge in [0, 0.05) is 18.5 Å². The van der Waals surface area contributed by atoms with Crippen molar-refractivity contribution in [3.63, 3.8) is 0 Å². The van der Waals surface area contributed by atoms with E-state index in [1.807, 2.05) is 0 Å². The summed E-state index contributed by atoms with van der Waals surface area (Å²) < 4.78 is 0. The van der Waals surface area contributed by atoms with E-state index < -0.39 is 0 Å². The molecule has 0 unspecified atom stereocenters. The number of para-hydroxylation sites is 1. The number of hydrazine groups is 1. The molecular formula is C17H24N4. The second-order valence-corrected chi connectivity index (χ2v) is 6.12. The Kier molecular flexibility index (Phi) is 3.97. The normalized spacial score (nSPS) is 15.7. The van der Waals surface area contributed by atoms with Crippen molar-refractivity contribution in [1.82, 2.24) is 4.98 Å². The monoisotopic (exact) mass is 284 g/mol. The zero-order valence-electron chi connectivity index (χ0n) is 12.9. The van der Waals surface area contributed by atoms with Gasteiger partial charge < -0.3 is 10.3 Å². The number of aromatic nitrogens is 1. The fourth-order valence-corrected chi connectivity index (χ4v) is 3.14. The highest BCUT2D eigenvalue weighted by Gasteiger charge is 2.16. The third kappa shape index (κ3) is 2.68. The van der Waals surface area contributed by atoms with Gasteiger partial charge in [-0.2, -0.15) is 0 Å². The molecule has 1 aliphatic rings. The predicted molar refractivity (Wildman–Crippen MR) is 89.7 cm³/mol. The van der Waals surface area contributed by atoms with Gasteiger partial charge in [-0.05, 0) is 42.9 Å². The van der Waals surface area contributed by atoms with E-state index in [0.29, 0.717) is 5.92 Å². The van der Waals surface area contributed by atoms with Crippen molar-refractivity contribution in [2.45, 2.75) is 39.0 Å². The Balaban J connectivity index is 2.13. The van der Waals surface area contributed by atoms with Gasteiger partial charge in [0.2, 0.25) is 0 Å². The van der Waals surface area contributed by atoms with Gasteiger partial charge in [-0.15, -0.1) is 0 Å². The van der Waals surface area contributed by atoms with E-state index in [9.17, 15) is 0 Å². The average molecular weight is 284 g/mol. The largest absolute Gasteiger partial charge is 0.370 e. The second kappa shape index (κ2) is 5.90. The number of nitrogens with two attached hydrogens (primary N) is 1. The highest BCUT2D eigenvalue weighted by atomic mass is 15.3. The molecule has 4 nitrogen and oxygen atoms in total. The molecule has 0 aliphatic carbocycles. The molecule has 1 saturated heterocycles. The molecule has 0 spiro atoms. The smallest absolute Gasteiger partial charge is 0.144 e. The first-order valence-electron chi connectivity index (χ1n) is 7.86. The van der Waals surface area contributed by atoms with Crippen LogP contribution in [0.4, 0.5) is 11.5 Å². The van der Waals surface area contributed by atoms with Crippen LogP contribution in [0, 0.1) is 0 Å². The summed E-state index contributed by atoms with van der Waals surface area (Å²) in [4.78, 5) is 7.26. The minimum Gasteiger partial charge on any atom is -0.370 e. The molecule has 112 valence electrons. The number of nitrogens with one attached hydrogen (secondary N) is 1. The Morgan fingerprint density at radius 1 is 1.19 bits per heavy atom. The fourth-order valence-electron chi connectivity index (χ4n) is 3.14. The molecule has 1 fully saturated rings. The lowest BCUT2D eigenvalue weighted by Crippen LogP contribution is -2.29. The van der Waals surface area contributed by atoms with Gasteiger partial charge >= 0.3 is 0 Å². The van der Waals surface area contributed by atoms with Crippen molar-refractivity contribution in [2.75, 3.05) is 23.4 Å². The molecule has 2 aromatic rings. The molecule has 4 heteroatoms. The van der Waals surface area contributed by atoms with E-state index in [0.717, 1.165) is 24.4 Å². The molecule has 3 rings (SSSR count). The van der Waals surface area contributed by atoms with E-state index in [1.165, 1.54) is 35.9 Å². The number of piperidine rings is 1. The first kappa shape index (κ1) is 14.1. The van der Waals surface area contributed by atoms with Gasteiger partial charge in [0.05, 0.1) is 11.2 Å². The lowest BCUT2D eigenvalue weighted by molar-refractivity contribution is 0.579. The molecule has 2 heterocycles. The highest BCUT2D eigenvalue weighted by molar-refractivity contribution is 5.92. The van der Waals surface area contributed by atoms with Crippen LogP contribution >= 0.6 is 0 Å². The van der Waals surface area contributed by atoms with E-state index in [4.69, 9.17) is 10.8 Å². The van der Waals surface area contributed by atoms with Crippen molar-refractivity contribution < 1.29 is 0 Å². The standard InChI is InChI=1S/C17H24N4/c1-12(2)14-11-13-7-6-8-15(16(13)19-17(14)20-18)21-9-4-3-5-10-21/h6-8,11-12H,3-5,9-10,18H2,1-2H3,(H,19,20). The molecule has 21 heavy (non-hydrogen) atoms. The maximum atomic E-state index is 5.68. The lowest BCUT2D eigenvalue weighted by Gasteiger charge is -2.29. The van der Waals surface area contributed by atoms with E-state index >= 15 is 0 Å². The Labute approximate surface area is 126 Å². The van der Waals surface area contributed by atoms with Crippen LogP contribution in [-0.2, 0) is 0 Å². The number of hydrogen-bond acceptors (Lipinski definition) is 4. The third-order valence-electron chi connectivity index (χ3n) is 4.31. The third-order valence-corrected chi connectivity index (χ3v) is 4.31. The molecule has 0 amide bonds. The molecule has 3 N–H and O–H groups in total. The summed E-state index contributed by atoms with van der Waals surface area (Å²) >= 11 is 0. The maximum absolute atomic E-state index is 5.68. The summed E-state index contributed by atoms with van der Waals surface area (Å²) in [7, 11) is 0. The zero-order valence-corrected chi connectivity index (χ0v) is 12.9. The SMILES string of the molecule is CC(C)c1cc2cccc(N3CCCCC3)c2nc1NN. The van der Waals surface area contributed by atoms with Crippen molar-refractivity contribution in [3.8, 4) is 0 Å². The molecule has 0 saturated carbocycles. The molecule has 0 bridgehead atoms. The van der Waals surface area contributed by atoms with Crippen LogP contribution in [0.2, 0.25) is 0 Å². The van der Waals surface area contributed by atoms with Crippen LogP contribution in [0.15, 0.2) is 24.3 Å². The Morgan fingerprint density at radius 2 is 1.95 bits per heavy atom. The maximum Gasteiger partial charge on any atom is 0.144 e. The molecule has 1 aromatic carbocycles. The molecule has 0 radical (unpaired) electrons. The number of anilines is 2. The van der Waals surface area contributed by atoms with Crippen LogP contribution < -0.4 is 16.2 Å². The van der Waals surface area contributed by atoms with Crippen molar-refractivity contribution in [1.29, 1.82) is 0 Å². The molecular weight excluding hydrogens is 260 g/mol. The minimum atomic E-state index is 0.395. The van der Waals surface area contributed by atoms with Crippen molar-refractivity contribution in [2.24, 2.45) is 5.84 Å². The summed E-state index contributed by atoms with van der Waals surface area (Å²) in [6, 6.07) is 8.67. The number of fused-ring (bicyclic) bond motifs is 1. The van der Waals surface area contributed by atoms with Crippen LogP contribution in [0.25, 0.3) is 10.9 Å². The Morgan fingerprint density at radius 3 is 2.62 bits per heavy atom. The average Bonchev–Trinajstić information content (AvgIpc) is 2.53. The summed E-state index contributed by atoms with van der Waals surface area (Å²) in [6.07, 6.45) is 3.87. The second-order valence-electron chi connectivity index (χ2n) is 6.12. The lowest BCUT2D eigenvalue weighted by atomic mass is 10.0. The number of nitrogens with zero attached hydrogens (tertiary/aromatic N) is 2. The summed E-state index contributed by atoms with van der Waals surface area (Å²) in [5, 5.41) is 1.20. The van der Waals surface area contributed by atoms with Gasteiger partial charge in [-0.25, -0.2) is 10.8 Å². The van der Waals surface area contributed by atoms with Crippen LogP contribution in [0.1, 0.15) is 44.6 Å². The first-order chi connectivity index (χ1) is 10.2. The quantitative estimate of drug-likeness (QED) is 0.667. The first-order valence-corrected chi connectivity index (χ1v) is 7.86. The van der Waals surface area contributed by atoms with E-state index in [1.54, 1.807) is 0 Å². The van der Waals surface area contributed by atoms with E-state index in [-0.39, 0.29) is 0 Å². The number of benzene rings is 1. The van der Waals surface area contributed by atoms with Crippen LogP contribution in [0.3, 0.4) is 0 Å². The van der Waals surface area contributed by atoms with Gasteiger partial charge in [0.15, 0.2) is 0 Å². The number of pyridine rings is 1. The highest BCUT2D eigenvalue weighted by Crippen LogP contribution is 2.32. The van der Waals surface area contributed by atoms with Crippen LogP contribution in [0.5, 0.6) is 0 Å². The summed E-state index contributed by atoms with van der Waals surface area (Å²) in [5.41, 5.74) is 6.22. The Bertz CT molecular complexity index is 630. The van der Waals surface area contributed by atoms with E-state index in [2.05, 4.69) is 48.4 Å². The van der Waals surface area contributed by atoms with Gasteiger partial charge in [0.1, 0.15) is 5.82 Å². The van der Waals surface area contributed by atoms with Crippen LogP contribution in [-0.4, -0.2) is 18.1 Å². The van der Waals surface area contributed by atoms with Crippen molar-refractivity contribution in [3.05, 3.63) is 29.8 Å². The summed E-state index contributed by atoms with van der Waals surface area (Å²) in [5.74, 6) is 6.87. The Hall–Kier alpha value is -1.81. The fraction of sp³-hybridized carbons (Fsp3) is 0.471. The summed E-state index contributed by atoms with van der Waals surface area (Å²) in [6.45, 7) is 6.58. The number of hydrogen-bond donors (Lipinski definition) is 2. The predicted octanol–water partition coefficient (Wildman–Crippen LogP) is 3.63. The minimum absolute atomic E-state index is 0.395. The zero-order chi connectivity index (χ0) is 14.8. The van der Waals surface area contributed by atoms with Gasteiger partial charge in [0.25, 0.3) is 0 Å². The number of rotatable bonds is 3.